The van der Waals surface area contributed by atoms with Crippen LogP contribution in [-0.2, 0) is 4.74 Å². The van der Waals surface area contributed by atoms with Crippen LogP contribution < -0.4 is 10.6 Å². The summed E-state index contributed by atoms with van der Waals surface area (Å²) in [5, 5.41) is 14.0. The molecule has 0 aromatic carbocycles. The maximum absolute atomic E-state index is 12.4. The number of H-pyrrole nitrogens is 1. The number of nitrogens with one attached hydrogen (secondary N) is 3. The summed E-state index contributed by atoms with van der Waals surface area (Å²) in [6, 6.07) is 4.16. The number of hydrogen-bond acceptors (Lipinski definition) is 7. The zero-order valence-electron chi connectivity index (χ0n) is 17.7. The zero-order valence-corrected chi connectivity index (χ0v) is 17.7. The van der Waals surface area contributed by atoms with E-state index >= 15 is 0 Å². The highest BCUT2D eigenvalue weighted by atomic mass is 16.6. The number of carbonyl (C=O) groups is 1. The number of amides is 1. The fourth-order valence-corrected chi connectivity index (χ4v) is 4.43. The molecule has 160 valence electrons. The summed E-state index contributed by atoms with van der Waals surface area (Å²) in [4.78, 5) is 23.2. The summed E-state index contributed by atoms with van der Waals surface area (Å²) < 4.78 is 5.54. The Bertz CT molecular complexity index is 941. The van der Waals surface area contributed by atoms with E-state index in [1.54, 1.807) is 6.20 Å². The Morgan fingerprint density at radius 1 is 1.33 bits per heavy atom. The van der Waals surface area contributed by atoms with E-state index in [1.807, 2.05) is 37.8 Å². The van der Waals surface area contributed by atoms with Gasteiger partial charge in [0.25, 0.3) is 0 Å². The molecule has 30 heavy (non-hydrogen) atoms. The van der Waals surface area contributed by atoms with Crippen molar-refractivity contribution in [2.24, 2.45) is 5.41 Å². The Kier molecular flexibility index (Phi) is 4.37. The van der Waals surface area contributed by atoms with Crippen molar-refractivity contribution in [1.29, 1.82) is 0 Å². The summed E-state index contributed by atoms with van der Waals surface area (Å²) in [7, 11) is 0. The summed E-state index contributed by atoms with van der Waals surface area (Å²) in [6.45, 7) is 7.15. The summed E-state index contributed by atoms with van der Waals surface area (Å²) in [5.74, 6) is 2.68. The SMILES string of the molecule is CC(C)(C)OC(=O)N1CC2(CNc3nccc(Nc4cc(C5CC5)[nH]n4)n3)CC1C2. The number of nitrogens with zero attached hydrogens (tertiary/aromatic N) is 4. The largest absolute Gasteiger partial charge is 0.444 e. The van der Waals surface area contributed by atoms with Crippen LogP contribution in [0.5, 0.6) is 0 Å². The number of fused-ring (bicyclic) bond motifs is 1. The Balaban J connectivity index is 1.16. The van der Waals surface area contributed by atoms with Gasteiger partial charge in [-0.3, -0.25) is 5.10 Å². The van der Waals surface area contributed by atoms with Crippen molar-refractivity contribution in [3.63, 3.8) is 0 Å². The molecule has 0 radical (unpaired) electrons. The first kappa shape index (κ1) is 19.1. The lowest BCUT2D eigenvalue weighted by molar-refractivity contribution is 0.0244. The maximum Gasteiger partial charge on any atom is 0.410 e. The summed E-state index contributed by atoms with van der Waals surface area (Å²) >= 11 is 0. The second-order valence-electron chi connectivity index (χ2n) is 9.90. The van der Waals surface area contributed by atoms with E-state index < -0.39 is 5.60 Å². The van der Waals surface area contributed by atoms with E-state index in [4.69, 9.17) is 4.74 Å². The molecule has 2 saturated heterocycles. The Morgan fingerprint density at radius 3 is 2.87 bits per heavy atom. The standard InChI is InChI=1S/C21H29N7O2/c1-20(2,3)30-19(29)28-12-21(9-14(28)10-21)11-23-18-22-7-6-16(25-18)24-17-8-15(26-27-17)13-4-5-13/h6-8,13-14H,4-5,9-12H2,1-3H3,(H3,22,23,24,25,26,27). The third-order valence-corrected chi connectivity index (χ3v) is 6.06. The van der Waals surface area contributed by atoms with E-state index in [-0.39, 0.29) is 17.6 Å². The van der Waals surface area contributed by atoms with Gasteiger partial charge in [-0.25, -0.2) is 9.78 Å². The van der Waals surface area contributed by atoms with Gasteiger partial charge in [0.1, 0.15) is 11.4 Å². The molecule has 4 fully saturated rings. The molecular weight excluding hydrogens is 382 g/mol. The molecule has 4 heterocycles. The first-order valence-corrected chi connectivity index (χ1v) is 10.7. The van der Waals surface area contributed by atoms with Crippen LogP contribution in [0.25, 0.3) is 0 Å². The predicted molar refractivity (Wildman–Crippen MR) is 113 cm³/mol. The molecule has 2 aromatic rings. The van der Waals surface area contributed by atoms with Crippen LogP contribution in [0.4, 0.5) is 22.4 Å². The molecule has 9 heteroatoms. The fourth-order valence-electron chi connectivity index (χ4n) is 4.43. The molecule has 9 nitrogen and oxygen atoms in total. The molecule has 3 N–H and O–H groups in total. The van der Waals surface area contributed by atoms with Gasteiger partial charge >= 0.3 is 6.09 Å². The minimum absolute atomic E-state index is 0.0791. The van der Waals surface area contributed by atoms with Gasteiger partial charge in [0, 0.05) is 48.4 Å². The second kappa shape index (κ2) is 6.85. The lowest BCUT2D eigenvalue weighted by Gasteiger charge is -2.36. The lowest BCUT2D eigenvalue weighted by Crippen LogP contribution is -2.41. The average Bonchev–Trinajstić information content (AvgIpc) is 3.12. The molecule has 2 bridgehead atoms. The van der Waals surface area contributed by atoms with Crippen LogP contribution in [0, 0.1) is 5.41 Å². The van der Waals surface area contributed by atoms with Gasteiger partial charge in [-0.15, -0.1) is 0 Å². The van der Waals surface area contributed by atoms with Gasteiger partial charge < -0.3 is 20.3 Å². The minimum Gasteiger partial charge on any atom is -0.444 e. The van der Waals surface area contributed by atoms with Gasteiger partial charge in [-0.1, -0.05) is 0 Å². The van der Waals surface area contributed by atoms with Crippen molar-refractivity contribution < 1.29 is 9.53 Å². The highest BCUT2D eigenvalue weighted by Crippen LogP contribution is 2.52. The van der Waals surface area contributed by atoms with Crippen LogP contribution in [0.2, 0.25) is 0 Å². The van der Waals surface area contributed by atoms with E-state index in [0.717, 1.165) is 25.2 Å². The third-order valence-electron chi connectivity index (χ3n) is 6.06. The molecule has 2 saturated carbocycles. The van der Waals surface area contributed by atoms with Crippen molar-refractivity contribution in [1.82, 2.24) is 25.1 Å². The normalized spacial score (nSPS) is 25.0. The highest BCUT2D eigenvalue weighted by Gasteiger charge is 2.57. The summed E-state index contributed by atoms with van der Waals surface area (Å²) in [6.07, 6.45) is 5.98. The number of carbonyl (C=O) groups excluding carboxylic acids is 1. The average molecular weight is 412 g/mol. The Hall–Kier alpha value is -2.84. The quantitative estimate of drug-likeness (QED) is 0.666. The summed E-state index contributed by atoms with van der Waals surface area (Å²) in [5.41, 5.74) is 0.791. The van der Waals surface area contributed by atoms with Crippen molar-refractivity contribution in [2.75, 3.05) is 23.7 Å². The number of rotatable bonds is 6. The molecule has 0 spiro atoms. The minimum atomic E-state index is -0.468. The van der Waals surface area contributed by atoms with Gasteiger partial charge in [-0.2, -0.15) is 10.1 Å². The van der Waals surface area contributed by atoms with E-state index in [9.17, 15) is 4.79 Å². The molecule has 1 amide bonds. The fraction of sp³-hybridized carbons (Fsp3) is 0.619. The molecule has 2 aliphatic carbocycles. The van der Waals surface area contributed by atoms with Crippen LogP contribution >= 0.6 is 0 Å². The van der Waals surface area contributed by atoms with Crippen LogP contribution in [-0.4, -0.2) is 55.9 Å². The third kappa shape index (κ3) is 3.93. The Labute approximate surface area is 176 Å². The van der Waals surface area contributed by atoms with Crippen molar-refractivity contribution in [2.45, 2.75) is 64.0 Å². The van der Waals surface area contributed by atoms with Gasteiger partial charge in [0.05, 0.1) is 0 Å². The molecule has 0 atom stereocenters. The molecule has 2 aliphatic heterocycles. The molecule has 0 unspecified atom stereocenters. The van der Waals surface area contributed by atoms with E-state index in [0.29, 0.717) is 24.2 Å². The van der Waals surface area contributed by atoms with Crippen LogP contribution in [0.15, 0.2) is 18.3 Å². The molecular formula is C21H29N7O2. The zero-order chi connectivity index (χ0) is 20.9. The van der Waals surface area contributed by atoms with Gasteiger partial charge in [0.15, 0.2) is 5.82 Å². The first-order chi connectivity index (χ1) is 14.3. The highest BCUT2D eigenvalue weighted by molar-refractivity contribution is 5.70. The number of hydrogen-bond donors (Lipinski definition) is 3. The Morgan fingerprint density at radius 2 is 2.13 bits per heavy atom. The monoisotopic (exact) mass is 411 g/mol. The van der Waals surface area contributed by atoms with Crippen molar-refractivity contribution >= 4 is 23.7 Å². The van der Waals surface area contributed by atoms with Crippen LogP contribution in [0.1, 0.15) is 58.1 Å². The van der Waals surface area contributed by atoms with Gasteiger partial charge in [0.2, 0.25) is 5.95 Å². The smallest absolute Gasteiger partial charge is 0.410 e. The number of ether oxygens (including phenoxy) is 1. The van der Waals surface area contributed by atoms with E-state index in [1.165, 1.54) is 18.5 Å². The number of anilines is 3. The molecule has 6 rings (SSSR count). The maximum atomic E-state index is 12.4. The predicted octanol–water partition coefficient (Wildman–Crippen LogP) is 3.63. The van der Waals surface area contributed by atoms with E-state index in [2.05, 4.69) is 30.8 Å². The first-order valence-electron chi connectivity index (χ1n) is 10.7. The molecule has 2 aromatic heterocycles. The van der Waals surface area contributed by atoms with Crippen molar-refractivity contribution in [3.8, 4) is 0 Å². The topological polar surface area (TPSA) is 108 Å². The lowest BCUT2D eigenvalue weighted by atomic mass is 9.70. The molecule has 4 aliphatic rings. The second-order valence-corrected chi connectivity index (χ2v) is 9.90. The van der Waals surface area contributed by atoms with Crippen molar-refractivity contribution in [3.05, 3.63) is 24.0 Å². The number of aromatic nitrogens is 4. The van der Waals surface area contributed by atoms with Crippen LogP contribution in [0.3, 0.4) is 0 Å². The number of aromatic amines is 1. The van der Waals surface area contributed by atoms with Gasteiger partial charge in [-0.05, 0) is 52.5 Å².